The number of aliphatic hydroxyl groups is 1. The molecule has 32 heavy (non-hydrogen) atoms. The van der Waals surface area contributed by atoms with E-state index in [2.05, 4.69) is 20.6 Å². The maximum Gasteiger partial charge on any atom is 0.421 e. The van der Waals surface area contributed by atoms with Crippen LogP contribution in [0.4, 0.5) is 30.6 Å². The van der Waals surface area contributed by atoms with Crippen molar-refractivity contribution in [1.82, 2.24) is 14.9 Å². The highest BCUT2D eigenvalue weighted by Gasteiger charge is 2.35. The largest absolute Gasteiger partial charge is 0.421 e. The molecule has 11 heteroatoms. The van der Waals surface area contributed by atoms with E-state index in [1.165, 1.54) is 0 Å². The van der Waals surface area contributed by atoms with Crippen LogP contribution in [0.1, 0.15) is 37.0 Å². The smallest absolute Gasteiger partial charge is 0.390 e. The number of hydrogen-bond donors (Lipinski definition) is 4. The van der Waals surface area contributed by atoms with Gasteiger partial charge in [0.15, 0.2) is 0 Å². The third-order valence-corrected chi connectivity index (χ3v) is 4.94. The van der Waals surface area contributed by atoms with Gasteiger partial charge in [0.25, 0.3) is 0 Å². The lowest BCUT2D eigenvalue weighted by Gasteiger charge is -2.31. The van der Waals surface area contributed by atoms with Gasteiger partial charge in [-0.1, -0.05) is 6.07 Å². The Morgan fingerprint density at radius 1 is 1.28 bits per heavy atom. The lowest BCUT2D eigenvalue weighted by molar-refractivity contribution is -0.137. The van der Waals surface area contributed by atoms with Crippen molar-refractivity contribution in [3.8, 4) is 0 Å². The number of rotatable bonds is 7. The Morgan fingerprint density at radius 2 is 2.03 bits per heavy atom. The third kappa shape index (κ3) is 6.07. The molecule has 0 fully saturated rings. The molecule has 0 saturated carbocycles. The first-order valence-corrected chi connectivity index (χ1v) is 10.2. The molecule has 1 aliphatic rings. The zero-order chi connectivity index (χ0) is 23.5. The number of aromatic nitrogens is 2. The van der Waals surface area contributed by atoms with Crippen molar-refractivity contribution < 1.29 is 23.1 Å². The number of carbonyl (C=O) groups excluding carboxylic acids is 1. The predicted octanol–water partition coefficient (Wildman–Crippen LogP) is 2.66. The Labute approximate surface area is 184 Å². The van der Waals surface area contributed by atoms with E-state index >= 15 is 0 Å². The summed E-state index contributed by atoms with van der Waals surface area (Å²) in [5.41, 5.74) is 5.98. The Hall–Kier alpha value is -2.92. The lowest BCUT2D eigenvalue weighted by Crippen LogP contribution is -2.39. The number of nitrogens with two attached hydrogens (primary N) is 1. The highest BCUT2D eigenvalue weighted by atomic mass is 19.4. The van der Waals surface area contributed by atoms with Gasteiger partial charge in [0.05, 0.1) is 12.0 Å². The van der Waals surface area contributed by atoms with Crippen molar-refractivity contribution >= 4 is 23.4 Å². The first-order valence-electron chi connectivity index (χ1n) is 10.2. The van der Waals surface area contributed by atoms with E-state index in [0.717, 1.165) is 17.3 Å². The summed E-state index contributed by atoms with van der Waals surface area (Å²) in [6, 6.07) is 5.50. The highest BCUT2D eigenvalue weighted by Crippen LogP contribution is 2.34. The van der Waals surface area contributed by atoms with E-state index in [1.54, 1.807) is 24.8 Å². The van der Waals surface area contributed by atoms with Gasteiger partial charge in [-0.05, 0) is 43.5 Å². The fourth-order valence-electron chi connectivity index (χ4n) is 3.43. The maximum atomic E-state index is 13.2. The number of alkyl halides is 3. The van der Waals surface area contributed by atoms with Crippen molar-refractivity contribution in [3.05, 3.63) is 41.1 Å². The van der Waals surface area contributed by atoms with Crippen LogP contribution in [0, 0.1) is 0 Å². The summed E-state index contributed by atoms with van der Waals surface area (Å²) in [6.07, 6.45) is -3.18. The van der Waals surface area contributed by atoms with Crippen LogP contribution >= 0.6 is 0 Å². The second-order valence-electron chi connectivity index (χ2n) is 8.33. The average Bonchev–Trinajstić information content (AvgIpc) is 2.70. The van der Waals surface area contributed by atoms with E-state index < -0.39 is 17.3 Å². The molecule has 1 aromatic heterocycles. The minimum atomic E-state index is -4.59. The molecule has 8 nitrogen and oxygen atoms in total. The van der Waals surface area contributed by atoms with E-state index in [-0.39, 0.29) is 37.2 Å². The fourth-order valence-corrected chi connectivity index (χ4v) is 3.43. The van der Waals surface area contributed by atoms with Crippen LogP contribution in [0.15, 0.2) is 24.4 Å². The molecule has 0 spiro atoms. The molecule has 0 unspecified atom stereocenters. The zero-order valence-electron chi connectivity index (χ0n) is 18.0. The van der Waals surface area contributed by atoms with Gasteiger partial charge in [-0.2, -0.15) is 18.2 Å². The Morgan fingerprint density at radius 3 is 2.69 bits per heavy atom. The maximum absolute atomic E-state index is 13.2. The first kappa shape index (κ1) is 23.7. The Bertz CT molecular complexity index is 975. The Balaban J connectivity index is 1.74. The van der Waals surface area contributed by atoms with E-state index in [1.807, 2.05) is 12.1 Å². The van der Waals surface area contributed by atoms with Crippen LogP contribution in [0.5, 0.6) is 0 Å². The molecular formula is C21H27F3N6O2. The van der Waals surface area contributed by atoms with Crippen molar-refractivity contribution in [3.63, 3.8) is 0 Å². The molecule has 1 aliphatic heterocycles. The summed E-state index contributed by atoms with van der Waals surface area (Å²) in [6.45, 7) is 4.46. The molecule has 0 atom stereocenters. The first-order chi connectivity index (χ1) is 15.0. The standard InChI is InChI=1S/C21H27F3N6O2/c1-20(2,32)10-17(31)30-8-5-13-9-15(4-3-14(13)12-30)28-19-27-11-16(21(22,23)24)18(29-19)26-7-6-25/h3-4,9,11,32H,5-8,10,12,25H2,1-2H3,(H2,26,27,28,29). The van der Waals surface area contributed by atoms with E-state index in [4.69, 9.17) is 5.73 Å². The molecule has 1 aromatic carbocycles. The van der Waals surface area contributed by atoms with Crippen LogP contribution in [-0.4, -0.2) is 51.1 Å². The summed E-state index contributed by atoms with van der Waals surface area (Å²) >= 11 is 0. The molecule has 174 valence electrons. The fraction of sp³-hybridized carbons (Fsp3) is 0.476. The summed E-state index contributed by atoms with van der Waals surface area (Å²) in [5, 5.41) is 15.4. The summed E-state index contributed by atoms with van der Waals surface area (Å²) in [4.78, 5) is 21.9. The minimum Gasteiger partial charge on any atom is -0.390 e. The monoisotopic (exact) mass is 452 g/mol. The zero-order valence-corrected chi connectivity index (χ0v) is 18.0. The molecule has 0 bridgehead atoms. The highest BCUT2D eigenvalue weighted by molar-refractivity contribution is 5.77. The molecule has 0 saturated heterocycles. The Kier molecular flexibility index (Phi) is 6.89. The number of anilines is 3. The van der Waals surface area contributed by atoms with Gasteiger partial charge in [0.2, 0.25) is 11.9 Å². The van der Waals surface area contributed by atoms with Crippen molar-refractivity contribution in [2.45, 2.75) is 45.0 Å². The van der Waals surface area contributed by atoms with Crippen LogP contribution in [0.25, 0.3) is 0 Å². The number of nitrogens with one attached hydrogen (secondary N) is 2. The van der Waals surface area contributed by atoms with Gasteiger partial charge in [0, 0.05) is 38.1 Å². The van der Waals surface area contributed by atoms with Crippen molar-refractivity contribution in [1.29, 1.82) is 0 Å². The van der Waals surface area contributed by atoms with Crippen molar-refractivity contribution in [2.24, 2.45) is 5.73 Å². The van der Waals surface area contributed by atoms with Crippen LogP contribution in [0.3, 0.4) is 0 Å². The molecule has 3 rings (SSSR count). The second kappa shape index (κ2) is 9.29. The number of nitrogens with zero attached hydrogens (tertiary/aromatic N) is 3. The second-order valence-corrected chi connectivity index (χ2v) is 8.33. The van der Waals surface area contributed by atoms with Crippen LogP contribution in [0.2, 0.25) is 0 Å². The lowest BCUT2D eigenvalue weighted by atomic mass is 9.97. The normalized spacial score (nSPS) is 14.2. The molecular weight excluding hydrogens is 425 g/mol. The summed E-state index contributed by atoms with van der Waals surface area (Å²) < 4.78 is 39.6. The van der Waals surface area contributed by atoms with Crippen molar-refractivity contribution in [2.75, 3.05) is 30.3 Å². The molecule has 1 amide bonds. The van der Waals surface area contributed by atoms with Gasteiger partial charge < -0.3 is 26.4 Å². The van der Waals surface area contributed by atoms with E-state index in [0.29, 0.717) is 25.2 Å². The molecule has 2 aromatic rings. The topological polar surface area (TPSA) is 116 Å². The van der Waals surface area contributed by atoms with Gasteiger partial charge in [-0.15, -0.1) is 0 Å². The summed E-state index contributed by atoms with van der Waals surface area (Å²) in [7, 11) is 0. The van der Waals surface area contributed by atoms with Crippen LogP contribution < -0.4 is 16.4 Å². The quantitative estimate of drug-likeness (QED) is 0.510. The van der Waals surface area contributed by atoms with Gasteiger partial charge in [-0.25, -0.2) is 4.98 Å². The number of benzene rings is 1. The number of fused-ring (bicyclic) bond motifs is 1. The van der Waals surface area contributed by atoms with E-state index in [9.17, 15) is 23.1 Å². The van der Waals surface area contributed by atoms with Gasteiger partial charge >= 0.3 is 6.18 Å². The molecule has 0 radical (unpaired) electrons. The summed E-state index contributed by atoms with van der Waals surface area (Å²) in [5.74, 6) is -0.421. The average molecular weight is 452 g/mol. The van der Waals surface area contributed by atoms with Gasteiger partial charge in [-0.3, -0.25) is 4.79 Å². The minimum absolute atomic E-state index is 0.0234. The SMILES string of the molecule is CC(C)(O)CC(=O)N1CCc2cc(Nc3ncc(C(F)(F)F)c(NCCN)n3)ccc2C1. The third-order valence-electron chi connectivity index (χ3n) is 4.94. The molecule has 2 heterocycles. The number of carbonyl (C=O) groups is 1. The number of amides is 1. The van der Waals surface area contributed by atoms with Crippen LogP contribution in [-0.2, 0) is 23.9 Å². The number of halogens is 3. The molecule has 5 N–H and O–H groups in total. The predicted molar refractivity (Wildman–Crippen MR) is 114 cm³/mol. The van der Waals surface area contributed by atoms with Gasteiger partial charge in [0.1, 0.15) is 11.4 Å². The number of hydrogen-bond acceptors (Lipinski definition) is 7. The molecule has 0 aliphatic carbocycles.